The van der Waals surface area contributed by atoms with E-state index in [4.69, 9.17) is 0 Å². The van der Waals surface area contributed by atoms with Gasteiger partial charge in [-0.05, 0) is 48.7 Å². The Morgan fingerprint density at radius 3 is 2.62 bits per heavy atom. The molecule has 2 saturated heterocycles. The first-order valence-electron chi connectivity index (χ1n) is 10.1. The molecule has 0 spiro atoms. The van der Waals surface area contributed by atoms with Gasteiger partial charge in [-0.1, -0.05) is 40.5 Å². The van der Waals surface area contributed by atoms with Crippen LogP contribution in [0.5, 0.6) is 0 Å². The molecule has 2 aliphatic rings. The summed E-state index contributed by atoms with van der Waals surface area (Å²) in [5, 5.41) is 0. The minimum atomic E-state index is -0.312. The van der Waals surface area contributed by atoms with Gasteiger partial charge in [-0.2, -0.15) is 0 Å². The van der Waals surface area contributed by atoms with E-state index in [1.54, 1.807) is 4.90 Å². The number of hydrogen-bond donors (Lipinski definition) is 0. The minimum Gasteiger partial charge on any atom is -0.342 e. The molecule has 4 rings (SSSR count). The van der Waals surface area contributed by atoms with Gasteiger partial charge in [0.15, 0.2) is 0 Å². The summed E-state index contributed by atoms with van der Waals surface area (Å²) in [5.41, 5.74) is 1.89. The predicted octanol–water partition coefficient (Wildman–Crippen LogP) is 4.74. The third kappa shape index (κ3) is 4.53. The van der Waals surface area contributed by atoms with Crippen LogP contribution in [0.15, 0.2) is 53.0 Å². The van der Waals surface area contributed by atoms with Crippen LogP contribution >= 0.6 is 15.9 Å². The van der Waals surface area contributed by atoms with Crippen LogP contribution in [-0.4, -0.2) is 36.3 Å². The van der Waals surface area contributed by atoms with Gasteiger partial charge in [0.1, 0.15) is 5.82 Å². The highest BCUT2D eigenvalue weighted by molar-refractivity contribution is 9.10. The van der Waals surface area contributed by atoms with Crippen LogP contribution in [0.1, 0.15) is 37.2 Å². The van der Waals surface area contributed by atoms with Crippen LogP contribution in [-0.2, 0) is 9.59 Å². The normalized spacial score (nSPS) is 22.6. The van der Waals surface area contributed by atoms with Gasteiger partial charge in [0.2, 0.25) is 11.8 Å². The zero-order valence-electron chi connectivity index (χ0n) is 16.2. The van der Waals surface area contributed by atoms with E-state index in [-0.39, 0.29) is 35.9 Å². The van der Waals surface area contributed by atoms with E-state index in [0.29, 0.717) is 13.1 Å². The molecule has 152 valence electrons. The lowest BCUT2D eigenvalue weighted by Gasteiger charge is -2.27. The lowest BCUT2D eigenvalue weighted by Crippen LogP contribution is -2.39. The monoisotopic (exact) mass is 458 g/mol. The van der Waals surface area contributed by atoms with Gasteiger partial charge in [-0.25, -0.2) is 4.39 Å². The van der Waals surface area contributed by atoms with Crippen molar-refractivity contribution in [3.05, 3.63) is 64.4 Å². The third-order valence-electron chi connectivity index (χ3n) is 5.92. The molecule has 0 bridgehead atoms. The maximum Gasteiger partial charge on any atom is 0.228 e. The molecule has 6 heteroatoms. The topological polar surface area (TPSA) is 40.6 Å². The zero-order valence-corrected chi connectivity index (χ0v) is 17.8. The summed E-state index contributed by atoms with van der Waals surface area (Å²) in [7, 11) is 0. The summed E-state index contributed by atoms with van der Waals surface area (Å²) >= 11 is 3.44. The molecule has 0 saturated carbocycles. The number of nitrogens with zero attached hydrogens (tertiary/aromatic N) is 2. The average molecular weight is 459 g/mol. The molecule has 0 aliphatic carbocycles. The number of rotatable bonds is 3. The fourth-order valence-electron chi connectivity index (χ4n) is 4.37. The van der Waals surface area contributed by atoms with Gasteiger partial charge in [0.05, 0.1) is 5.92 Å². The quantitative estimate of drug-likeness (QED) is 0.666. The Morgan fingerprint density at radius 2 is 1.86 bits per heavy atom. The Kier molecular flexibility index (Phi) is 5.99. The smallest absolute Gasteiger partial charge is 0.228 e. The molecule has 2 amide bonds. The van der Waals surface area contributed by atoms with E-state index >= 15 is 0 Å². The second-order valence-corrected chi connectivity index (χ2v) is 8.83. The lowest BCUT2D eigenvalue weighted by atomic mass is 9.94. The van der Waals surface area contributed by atoms with Crippen molar-refractivity contribution in [3.8, 4) is 0 Å². The maximum atomic E-state index is 13.3. The molecule has 0 N–H and O–H groups in total. The van der Waals surface area contributed by atoms with Crippen LogP contribution in [0.4, 0.5) is 10.1 Å². The van der Waals surface area contributed by atoms with Crippen molar-refractivity contribution < 1.29 is 14.0 Å². The molecule has 2 unspecified atom stereocenters. The standard InChI is InChI=1S/C23H24BrFN2O2/c24-19-5-3-6-21(13-19)27-15-18(12-22(27)28)23(29)26-11-2-1-4-17(14-26)16-7-9-20(25)10-8-16/h3,5-10,13,17-18H,1-2,4,11-12,14-15H2. The predicted molar refractivity (Wildman–Crippen MR) is 114 cm³/mol. The van der Waals surface area contributed by atoms with E-state index in [9.17, 15) is 14.0 Å². The fraction of sp³-hybridized carbons (Fsp3) is 0.391. The summed E-state index contributed by atoms with van der Waals surface area (Å²) in [6.07, 6.45) is 3.24. The van der Waals surface area contributed by atoms with Crippen LogP contribution in [0.3, 0.4) is 0 Å². The van der Waals surface area contributed by atoms with Crippen LogP contribution < -0.4 is 4.90 Å². The molecule has 2 aromatic rings. The van der Waals surface area contributed by atoms with Crippen molar-refractivity contribution in [3.63, 3.8) is 0 Å². The van der Waals surface area contributed by atoms with E-state index in [1.807, 2.05) is 41.3 Å². The number of benzene rings is 2. The number of halogens is 2. The molecule has 0 radical (unpaired) electrons. The molecule has 2 aliphatic heterocycles. The number of carbonyl (C=O) groups excluding carboxylic acids is 2. The van der Waals surface area contributed by atoms with Gasteiger partial charge >= 0.3 is 0 Å². The van der Waals surface area contributed by atoms with Crippen molar-refractivity contribution in [1.29, 1.82) is 0 Å². The van der Waals surface area contributed by atoms with Gasteiger partial charge in [0, 0.05) is 42.1 Å². The number of anilines is 1. The van der Waals surface area contributed by atoms with Gasteiger partial charge in [-0.3, -0.25) is 9.59 Å². The Morgan fingerprint density at radius 1 is 1.07 bits per heavy atom. The second-order valence-electron chi connectivity index (χ2n) is 7.91. The van der Waals surface area contributed by atoms with Crippen LogP contribution in [0.2, 0.25) is 0 Å². The second kappa shape index (κ2) is 8.66. The van der Waals surface area contributed by atoms with E-state index in [1.165, 1.54) is 12.1 Å². The van der Waals surface area contributed by atoms with Gasteiger partial charge < -0.3 is 9.80 Å². The first kappa shape index (κ1) is 20.1. The highest BCUT2D eigenvalue weighted by Crippen LogP contribution is 2.31. The Labute approximate surface area is 178 Å². The first-order valence-corrected chi connectivity index (χ1v) is 10.9. The minimum absolute atomic E-state index is 0.00800. The highest BCUT2D eigenvalue weighted by Gasteiger charge is 2.38. The Hall–Kier alpha value is -2.21. The molecule has 2 fully saturated rings. The molecule has 2 atom stereocenters. The van der Waals surface area contributed by atoms with E-state index < -0.39 is 0 Å². The number of likely N-dealkylation sites (tertiary alicyclic amines) is 1. The summed E-state index contributed by atoms with van der Waals surface area (Å²) in [6, 6.07) is 14.2. The summed E-state index contributed by atoms with van der Waals surface area (Å²) in [5.74, 6) is -0.294. The van der Waals surface area contributed by atoms with Crippen molar-refractivity contribution in [2.45, 2.75) is 31.6 Å². The largest absolute Gasteiger partial charge is 0.342 e. The Bertz CT molecular complexity index is 902. The number of amides is 2. The fourth-order valence-corrected chi connectivity index (χ4v) is 4.76. The van der Waals surface area contributed by atoms with Crippen LogP contribution in [0, 0.1) is 11.7 Å². The van der Waals surface area contributed by atoms with Crippen molar-refractivity contribution in [2.24, 2.45) is 5.92 Å². The molecule has 4 nitrogen and oxygen atoms in total. The zero-order chi connectivity index (χ0) is 20.4. The van der Waals surface area contributed by atoms with Crippen molar-refractivity contribution in [1.82, 2.24) is 4.90 Å². The molecule has 2 heterocycles. The highest BCUT2D eigenvalue weighted by atomic mass is 79.9. The van der Waals surface area contributed by atoms with E-state index in [0.717, 1.165) is 41.5 Å². The molecule has 2 aromatic carbocycles. The lowest BCUT2D eigenvalue weighted by molar-refractivity contribution is -0.135. The molecule has 0 aromatic heterocycles. The molecular weight excluding hydrogens is 435 g/mol. The Balaban J connectivity index is 1.47. The summed E-state index contributed by atoms with van der Waals surface area (Å²) in [6.45, 7) is 1.77. The number of carbonyl (C=O) groups is 2. The van der Waals surface area contributed by atoms with E-state index in [2.05, 4.69) is 15.9 Å². The maximum absolute atomic E-state index is 13.3. The number of hydrogen-bond acceptors (Lipinski definition) is 2. The van der Waals surface area contributed by atoms with Gasteiger partial charge in [-0.15, -0.1) is 0 Å². The SMILES string of the molecule is O=C(C1CC(=O)N(c2cccc(Br)c2)C1)N1CCCCC(c2ccc(F)cc2)C1. The van der Waals surface area contributed by atoms with Crippen molar-refractivity contribution in [2.75, 3.05) is 24.5 Å². The summed E-state index contributed by atoms with van der Waals surface area (Å²) in [4.78, 5) is 29.5. The third-order valence-corrected chi connectivity index (χ3v) is 6.41. The first-order chi connectivity index (χ1) is 14.0. The molecule has 29 heavy (non-hydrogen) atoms. The summed E-state index contributed by atoms with van der Waals surface area (Å²) < 4.78 is 14.2. The van der Waals surface area contributed by atoms with Crippen LogP contribution in [0.25, 0.3) is 0 Å². The van der Waals surface area contributed by atoms with Gasteiger partial charge in [0.25, 0.3) is 0 Å². The van der Waals surface area contributed by atoms with Crippen molar-refractivity contribution >= 4 is 33.4 Å². The molecular formula is C23H24BrFN2O2. The average Bonchev–Trinajstić information content (AvgIpc) is 2.94.